The third kappa shape index (κ3) is 3.56. The maximum Gasteiger partial charge on any atom is 0.118 e. The first-order valence-electron chi connectivity index (χ1n) is 6.86. The molecule has 106 valence electrons. The van der Waals surface area contributed by atoms with Crippen molar-refractivity contribution in [3.8, 4) is 5.75 Å². The van der Waals surface area contributed by atoms with E-state index in [-0.39, 0.29) is 0 Å². The van der Waals surface area contributed by atoms with Crippen molar-refractivity contribution >= 4 is 11.8 Å². The highest BCUT2D eigenvalue weighted by molar-refractivity contribution is 7.99. The zero-order valence-corrected chi connectivity index (χ0v) is 13.0. The van der Waals surface area contributed by atoms with E-state index in [9.17, 15) is 0 Å². The van der Waals surface area contributed by atoms with E-state index < -0.39 is 0 Å². The van der Waals surface area contributed by atoms with Gasteiger partial charge in [-0.15, -0.1) is 0 Å². The summed E-state index contributed by atoms with van der Waals surface area (Å²) >= 11 is 1.80. The van der Waals surface area contributed by atoms with Gasteiger partial charge in [-0.2, -0.15) is 0 Å². The highest BCUT2D eigenvalue weighted by Crippen LogP contribution is 2.34. The molecule has 0 amide bonds. The minimum atomic E-state index is 0.400. The van der Waals surface area contributed by atoms with E-state index in [4.69, 9.17) is 4.74 Å². The highest BCUT2D eigenvalue weighted by Gasteiger charge is 2.12. The summed E-state index contributed by atoms with van der Waals surface area (Å²) in [5.41, 5.74) is 1.36. The Balaban J connectivity index is 2.23. The van der Waals surface area contributed by atoms with Crippen LogP contribution in [0.4, 0.5) is 0 Å². The average Bonchev–Trinajstić information content (AvgIpc) is 2.51. The first-order valence-corrected chi connectivity index (χ1v) is 7.68. The maximum atomic E-state index is 5.20. The van der Waals surface area contributed by atoms with Crippen LogP contribution in [0.1, 0.15) is 24.9 Å². The number of methoxy groups -OCH3 is 1. The van der Waals surface area contributed by atoms with Gasteiger partial charge in [0, 0.05) is 15.8 Å². The van der Waals surface area contributed by atoms with E-state index >= 15 is 0 Å². The molecule has 1 atom stereocenters. The van der Waals surface area contributed by atoms with E-state index in [1.165, 1.54) is 15.4 Å². The van der Waals surface area contributed by atoms with Crippen LogP contribution in [0, 0.1) is 0 Å². The number of hydrogen-bond donors (Lipinski definition) is 1. The smallest absolute Gasteiger partial charge is 0.118 e. The predicted octanol–water partition coefficient (Wildman–Crippen LogP) is 4.52. The van der Waals surface area contributed by atoms with Gasteiger partial charge in [-0.25, -0.2) is 0 Å². The van der Waals surface area contributed by atoms with Gasteiger partial charge >= 0.3 is 0 Å². The van der Waals surface area contributed by atoms with Crippen molar-refractivity contribution in [3.63, 3.8) is 0 Å². The lowest BCUT2D eigenvalue weighted by Crippen LogP contribution is -2.15. The van der Waals surface area contributed by atoms with Crippen molar-refractivity contribution in [1.82, 2.24) is 5.32 Å². The van der Waals surface area contributed by atoms with Crippen molar-refractivity contribution in [1.29, 1.82) is 0 Å². The summed E-state index contributed by atoms with van der Waals surface area (Å²) in [5.74, 6) is 0.893. The van der Waals surface area contributed by atoms with Gasteiger partial charge in [-0.3, -0.25) is 0 Å². The van der Waals surface area contributed by atoms with E-state index in [2.05, 4.69) is 48.6 Å². The Morgan fingerprint density at radius 1 is 1.10 bits per heavy atom. The molecule has 0 aliphatic rings. The molecule has 0 aliphatic carbocycles. The molecular weight excluding hydrogens is 266 g/mol. The summed E-state index contributed by atoms with van der Waals surface area (Å²) in [6.45, 7) is 2.20. The van der Waals surface area contributed by atoms with Crippen molar-refractivity contribution in [2.45, 2.75) is 29.2 Å². The van der Waals surface area contributed by atoms with E-state index in [0.29, 0.717) is 6.04 Å². The number of rotatable bonds is 6. The molecule has 0 radical (unpaired) electrons. The van der Waals surface area contributed by atoms with Crippen molar-refractivity contribution in [3.05, 3.63) is 54.1 Å². The van der Waals surface area contributed by atoms with Crippen LogP contribution in [-0.4, -0.2) is 14.2 Å². The number of benzene rings is 2. The van der Waals surface area contributed by atoms with Gasteiger partial charge < -0.3 is 10.1 Å². The molecule has 20 heavy (non-hydrogen) atoms. The van der Waals surface area contributed by atoms with E-state index in [0.717, 1.165) is 12.2 Å². The normalized spacial score (nSPS) is 12.2. The second kappa shape index (κ2) is 7.36. The van der Waals surface area contributed by atoms with Crippen LogP contribution >= 0.6 is 11.8 Å². The summed E-state index contributed by atoms with van der Waals surface area (Å²) in [5, 5.41) is 3.38. The standard InChI is InChI=1S/C17H21NOS/c1-4-16(18-2)15-7-5-6-8-17(15)20-14-11-9-13(19-3)10-12-14/h5-12,16,18H,4H2,1-3H3. The van der Waals surface area contributed by atoms with Gasteiger partial charge in [-0.05, 0) is 49.4 Å². The minimum Gasteiger partial charge on any atom is -0.497 e. The predicted molar refractivity (Wildman–Crippen MR) is 85.7 cm³/mol. The third-order valence-corrected chi connectivity index (χ3v) is 4.44. The molecule has 0 aromatic heterocycles. The Morgan fingerprint density at radius 2 is 1.80 bits per heavy atom. The number of hydrogen-bond acceptors (Lipinski definition) is 3. The summed E-state index contributed by atoms with van der Waals surface area (Å²) in [7, 11) is 3.71. The Morgan fingerprint density at radius 3 is 2.40 bits per heavy atom. The van der Waals surface area contributed by atoms with Crippen LogP contribution in [0.5, 0.6) is 5.75 Å². The van der Waals surface area contributed by atoms with Gasteiger partial charge in [0.05, 0.1) is 7.11 Å². The zero-order valence-electron chi connectivity index (χ0n) is 12.2. The summed E-state index contributed by atoms with van der Waals surface area (Å²) in [4.78, 5) is 2.53. The molecule has 1 unspecified atom stereocenters. The van der Waals surface area contributed by atoms with Crippen LogP contribution < -0.4 is 10.1 Å². The van der Waals surface area contributed by atoms with Gasteiger partial charge in [0.25, 0.3) is 0 Å². The van der Waals surface area contributed by atoms with Crippen LogP contribution in [0.15, 0.2) is 58.3 Å². The lowest BCUT2D eigenvalue weighted by molar-refractivity contribution is 0.414. The van der Waals surface area contributed by atoms with Gasteiger partial charge in [0.2, 0.25) is 0 Å². The molecule has 3 heteroatoms. The van der Waals surface area contributed by atoms with Gasteiger partial charge in [0.1, 0.15) is 5.75 Å². The highest BCUT2D eigenvalue weighted by atomic mass is 32.2. The molecule has 1 N–H and O–H groups in total. The Hall–Kier alpha value is -1.45. The second-order valence-corrected chi connectivity index (χ2v) is 5.68. The molecule has 0 spiro atoms. The van der Waals surface area contributed by atoms with Crippen molar-refractivity contribution < 1.29 is 4.74 Å². The van der Waals surface area contributed by atoms with Gasteiger partial charge in [0.15, 0.2) is 0 Å². The molecule has 2 aromatic carbocycles. The second-order valence-electron chi connectivity index (χ2n) is 4.56. The number of nitrogens with one attached hydrogen (secondary N) is 1. The van der Waals surface area contributed by atoms with Gasteiger partial charge in [-0.1, -0.05) is 36.9 Å². The van der Waals surface area contributed by atoms with E-state index in [1.807, 2.05) is 19.2 Å². The Bertz CT molecular complexity index is 535. The third-order valence-electron chi connectivity index (χ3n) is 3.34. The van der Waals surface area contributed by atoms with Crippen molar-refractivity contribution in [2.24, 2.45) is 0 Å². The first-order chi connectivity index (χ1) is 9.78. The number of ether oxygens (including phenoxy) is 1. The molecule has 0 aliphatic heterocycles. The van der Waals surface area contributed by atoms with Crippen LogP contribution in [0.25, 0.3) is 0 Å². The topological polar surface area (TPSA) is 21.3 Å². The Labute approximate surface area is 125 Å². The molecule has 0 saturated heterocycles. The molecule has 2 aromatic rings. The molecule has 0 saturated carbocycles. The zero-order chi connectivity index (χ0) is 14.4. The fraction of sp³-hybridized carbons (Fsp3) is 0.294. The SMILES string of the molecule is CCC(NC)c1ccccc1Sc1ccc(OC)cc1. The minimum absolute atomic E-state index is 0.400. The molecule has 0 heterocycles. The molecule has 0 fully saturated rings. The Kier molecular flexibility index (Phi) is 5.50. The first kappa shape index (κ1) is 14.9. The summed E-state index contributed by atoms with van der Waals surface area (Å²) in [6, 6.07) is 17.2. The van der Waals surface area contributed by atoms with E-state index in [1.54, 1.807) is 18.9 Å². The monoisotopic (exact) mass is 287 g/mol. The molecular formula is C17H21NOS. The quantitative estimate of drug-likeness (QED) is 0.844. The summed E-state index contributed by atoms with van der Waals surface area (Å²) < 4.78 is 5.20. The summed E-state index contributed by atoms with van der Waals surface area (Å²) in [6.07, 6.45) is 1.08. The average molecular weight is 287 g/mol. The van der Waals surface area contributed by atoms with Crippen LogP contribution in [0.3, 0.4) is 0 Å². The molecule has 0 bridgehead atoms. The van der Waals surface area contributed by atoms with Crippen molar-refractivity contribution in [2.75, 3.05) is 14.2 Å². The molecule has 2 rings (SSSR count). The molecule has 2 nitrogen and oxygen atoms in total. The fourth-order valence-electron chi connectivity index (χ4n) is 2.21. The van der Waals surface area contributed by atoms with Crippen LogP contribution in [0.2, 0.25) is 0 Å². The fourth-order valence-corrected chi connectivity index (χ4v) is 3.21. The largest absolute Gasteiger partial charge is 0.497 e. The lowest BCUT2D eigenvalue weighted by atomic mass is 10.1. The van der Waals surface area contributed by atoms with Crippen LogP contribution in [-0.2, 0) is 0 Å². The maximum absolute atomic E-state index is 5.20. The lowest BCUT2D eigenvalue weighted by Gasteiger charge is -2.18.